The van der Waals surface area contributed by atoms with Crippen LogP contribution in [0.4, 0.5) is 0 Å². The number of ether oxygens (including phenoxy) is 1. The summed E-state index contributed by atoms with van der Waals surface area (Å²) in [5.74, 6) is 1.69. The van der Waals surface area contributed by atoms with Gasteiger partial charge in [0.15, 0.2) is 5.76 Å². The molecule has 0 radical (unpaired) electrons. The van der Waals surface area contributed by atoms with Gasteiger partial charge in [-0.3, -0.25) is 9.69 Å². The number of rotatable bonds is 6. The molecule has 2 aromatic carbocycles. The number of furan rings is 1. The van der Waals surface area contributed by atoms with Gasteiger partial charge in [-0.1, -0.05) is 50.1 Å². The zero-order chi connectivity index (χ0) is 20.9. The van der Waals surface area contributed by atoms with E-state index in [1.165, 1.54) is 5.56 Å². The fourth-order valence-electron chi connectivity index (χ4n) is 3.39. The highest BCUT2D eigenvalue weighted by atomic mass is 79.9. The van der Waals surface area contributed by atoms with E-state index in [4.69, 9.17) is 9.15 Å². The summed E-state index contributed by atoms with van der Waals surface area (Å²) in [6, 6.07) is 19.4. The molecule has 1 amide bonds. The molecule has 5 nitrogen and oxygen atoms in total. The minimum absolute atomic E-state index is 0.0644. The maximum absolute atomic E-state index is 12.8. The first-order valence-electron chi connectivity index (χ1n) is 9.80. The van der Waals surface area contributed by atoms with E-state index in [-0.39, 0.29) is 12.5 Å². The van der Waals surface area contributed by atoms with Crippen molar-refractivity contribution in [3.63, 3.8) is 0 Å². The molecule has 1 aliphatic rings. The molecule has 7 heteroatoms. The number of nitrogens with zero attached hydrogens (tertiary/aromatic N) is 2. The monoisotopic (exact) mass is 532 g/mol. The molecule has 1 aliphatic heterocycles. The molecule has 1 fully saturated rings. The summed E-state index contributed by atoms with van der Waals surface area (Å²) >= 11 is 7.01. The lowest BCUT2D eigenvalue weighted by Gasteiger charge is -2.34. The smallest absolute Gasteiger partial charge is 0.289 e. The molecule has 0 bridgehead atoms. The van der Waals surface area contributed by atoms with Gasteiger partial charge in [-0.25, -0.2) is 0 Å². The van der Waals surface area contributed by atoms with E-state index in [0.717, 1.165) is 34.3 Å². The second kappa shape index (κ2) is 9.81. The van der Waals surface area contributed by atoms with Crippen molar-refractivity contribution in [2.24, 2.45) is 0 Å². The van der Waals surface area contributed by atoms with Gasteiger partial charge >= 0.3 is 0 Å². The van der Waals surface area contributed by atoms with E-state index in [0.29, 0.717) is 24.6 Å². The van der Waals surface area contributed by atoms with E-state index in [9.17, 15) is 4.79 Å². The minimum atomic E-state index is -0.0644. The van der Waals surface area contributed by atoms with Crippen LogP contribution in [0, 0.1) is 0 Å². The number of amides is 1. The molecule has 30 heavy (non-hydrogen) atoms. The first-order valence-corrected chi connectivity index (χ1v) is 11.4. The van der Waals surface area contributed by atoms with Crippen molar-refractivity contribution in [2.45, 2.75) is 13.2 Å². The number of piperazine rings is 1. The van der Waals surface area contributed by atoms with Crippen molar-refractivity contribution in [2.75, 3.05) is 26.2 Å². The first-order chi connectivity index (χ1) is 14.6. The van der Waals surface area contributed by atoms with Crippen molar-refractivity contribution >= 4 is 37.8 Å². The van der Waals surface area contributed by atoms with Crippen molar-refractivity contribution in [3.8, 4) is 5.75 Å². The highest BCUT2D eigenvalue weighted by molar-refractivity contribution is 9.10. The molecular formula is C23H22Br2N2O3. The molecule has 0 aliphatic carbocycles. The van der Waals surface area contributed by atoms with Gasteiger partial charge in [-0.05, 0) is 48.0 Å². The fourth-order valence-corrected chi connectivity index (χ4v) is 4.06. The maximum Gasteiger partial charge on any atom is 0.289 e. The van der Waals surface area contributed by atoms with E-state index >= 15 is 0 Å². The Labute approximate surface area is 192 Å². The Hall–Kier alpha value is -2.09. The van der Waals surface area contributed by atoms with E-state index in [1.54, 1.807) is 12.1 Å². The van der Waals surface area contributed by atoms with Crippen LogP contribution in [-0.2, 0) is 13.2 Å². The SMILES string of the molecule is O=C(c1ccc(COc2ccc(Br)cc2)o1)N1CCN(Cc2ccccc2Br)CC1. The zero-order valence-corrected chi connectivity index (χ0v) is 19.6. The molecule has 4 rings (SSSR count). The normalized spacial score (nSPS) is 14.7. The van der Waals surface area contributed by atoms with Gasteiger partial charge in [0, 0.05) is 41.7 Å². The number of hydrogen-bond donors (Lipinski definition) is 0. The van der Waals surface area contributed by atoms with Crippen LogP contribution in [0.15, 0.2) is 74.0 Å². The maximum atomic E-state index is 12.8. The van der Waals surface area contributed by atoms with Crippen LogP contribution < -0.4 is 4.74 Å². The Balaban J connectivity index is 1.28. The van der Waals surface area contributed by atoms with Crippen molar-refractivity contribution in [3.05, 3.63) is 86.7 Å². The second-order valence-electron chi connectivity index (χ2n) is 7.17. The number of hydrogen-bond acceptors (Lipinski definition) is 4. The third-order valence-electron chi connectivity index (χ3n) is 5.08. The molecule has 2 heterocycles. The summed E-state index contributed by atoms with van der Waals surface area (Å²) in [5, 5.41) is 0. The third-order valence-corrected chi connectivity index (χ3v) is 6.38. The molecule has 1 aromatic heterocycles. The van der Waals surface area contributed by atoms with E-state index in [2.05, 4.69) is 55.0 Å². The average molecular weight is 534 g/mol. The van der Waals surface area contributed by atoms with Crippen molar-refractivity contribution < 1.29 is 13.9 Å². The summed E-state index contributed by atoms with van der Waals surface area (Å²) in [7, 11) is 0. The Morgan fingerprint density at radius 3 is 2.40 bits per heavy atom. The van der Waals surface area contributed by atoms with Gasteiger partial charge in [-0.15, -0.1) is 0 Å². The number of carbonyl (C=O) groups is 1. The van der Waals surface area contributed by atoms with Gasteiger partial charge in [0.05, 0.1) is 0 Å². The van der Waals surface area contributed by atoms with Crippen LogP contribution in [0.2, 0.25) is 0 Å². The molecule has 156 valence electrons. The Morgan fingerprint density at radius 2 is 1.67 bits per heavy atom. The standard InChI is InChI=1S/C23H22Br2N2O3/c24-18-5-7-19(8-6-18)29-16-20-9-10-22(30-20)23(28)27-13-11-26(12-14-27)15-17-3-1-2-4-21(17)25/h1-10H,11-16H2. The predicted molar refractivity (Wildman–Crippen MR) is 123 cm³/mol. The van der Waals surface area contributed by atoms with Gasteiger partial charge in [0.25, 0.3) is 5.91 Å². The fraction of sp³-hybridized carbons (Fsp3) is 0.261. The summed E-state index contributed by atoms with van der Waals surface area (Å²) < 4.78 is 13.6. The van der Waals surface area contributed by atoms with Crippen LogP contribution in [0.25, 0.3) is 0 Å². The van der Waals surface area contributed by atoms with Gasteiger partial charge in [0.1, 0.15) is 18.1 Å². The number of benzene rings is 2. The lowest BCUT2D eigenvalue weighted by molar-refractivity contribution is 0.0594. The molecular weight excluding hydrogens is 512 g/mol. The molecule has 0 N–H and O–H groups in total. The van der Waals surface area contributed by atoms with Gasteiger partial charge in [0.2, 0.25) is 0 Å². The Kier molecular flexibility index (Phi) is 6.92. The predicted octanol–water partition coefficient (Wildman–Crippen LogP) is 5.34. The van der Waals surface area contributed by atoms with Gasteiger partial charge < -0.3 is 14.1 Å². The van der Waals surface area contributed by atoms with Crippen LogP contribution in [-0.4, -0.2) is 41.9 Å². The second-order valence-corrected chi connectivity index (χ2v) is 8.94. The molecule has 0 atom stereocenters. The Bertz CT molecular complexity index is 996. The Morgan fingerprint density at radius 1 is 0.933 bits per heavy atom. The highest BCUT2D eigenvalue weighted by Gasteiger charge is 2.24. The third kappa shape index (κ3) is 5.33. The van der Waals surface area contributed by atoms with Crippen molar-refractivity contribution in [1.82, 2.24) is 9.80 Å². The van der Waals surface area contributed by atoms with Gasteiger partial charge in [-0.2, -0.15) is 0 Å². The molecule has 0 spiro atoms. The van der Waals surface area contributed by atoms with Crippen LogP contribution in [0.5, 0.6) is 5.75 Å². The topological polar surface area (TPSA) is 45.9 Å². The summed E-state index contributed by atoms with van der Waals surface area (Å²) in [5.41, 5.74) is 1.26. The van der Waals surface area contributed by atoms with E-state index in [1.807, 2.05) is 35.2 Å². The summed E-state index contributed by atoms with van der Waals surface area (Å²) in [4.78, 5) is 17.0. The summed E-state index contributed by atoms with van der Waals surface area (Å²) in [6.07, 6.45) is 0. The molecule has 0 unspecified atom stereocenters. The van der Waals surface area contributed by atoms with E-state index < -0.39 is 0 Å². The highest BCUT2D eigenvalue weighted by Crippen LogP contribution is 2.21. The number of carbonyl (C=O) groups excluding carboxylic acids is 1. The minimum Gasteiger partial charge on any atom is -0.486 e. The lowest BCUT2D eigenvalue weighted by atomic mass is 10.2. The van der Waals surface area contributed by atoms with Crippen LogP contribution in [0.1, 0.15) is 21.9 Å². The lowest BCUT2D eigenvalue weighted by Crippen LogP contribution is -2.48. The number of halogens is 2. The largest absolute Gasteiger partial charge is 0.486 e. The quantitative estimate of drug-likeness (QED) is 0.429. The van der Waals surface area contributed by atoms with Crippen LogP contribution >= 0.6 is 31.9 Å². The zero-order valence-electron chi connectivity index (χ0n) is 16.4. The molecule has 0 saturated carbocycles. The van der Waals surface area contributed by atoms with Crippen LogP contribution in [0.3, 0.4) is 0 Å². The van der Waals surface area contributed by atoms with Crippen molar-refractivity contribution in [1.29, 1.82) is 0 Å². The average Bonchev–Trinajstić information content (AvgIpc) is 3.24. The first kappa shape index (κ1) is 21.2. The molecule has 1 saturated heterocycles. The molecule has 3 aromatic rings. The summed E-state index contributed by atoms with van der Waals surface area (Å²) in [6.45, 7) is 4.22.